The first kappa shape index (κ1) is 23.8. The molecule has 1 amide bonds. The first-order valence-corrected chi connectivity index (χ1v) is 13.9. The summed E-state index contributed by atoms with van der Waals surface area (Å²) < 4.78 is 33.0. The molecular weight excluding hydrogens is 488 g/mol. The number of sulfonamides is 1. The van der Waals surface area contributed by atoms with Gasteiger partial charge in [-0.15, -0.1) is 0 Å². The topological polar surface area (TPSA) is 95.8 Å². The Bertz CT molecular complexity index is 1550. The maximum atomic E-state index is 13.2. The molecule has 1 N–H and O–H groups in total. The van der Waals surface area contributed by atoms with Gasteiger partial charge in [-0.3, -0.25) is 9.69 Å². The summed E-state index contributed by atoms with van der Waals surface area (Å²) in [6.07, 6.45) is 1.22. The lowest BCUT2D eigenvalue weighted by molar-refractivity contribution is 0.0927. The summed E-state index contributed by atoms with van der Waals surface area (Å²) in [7, 11) is -3.67. The van der Waals surface area contributed by atoms with Crippen molar-refractivity contribution in [2.75, 3.05) is 19.6 Å². The number of benzene rings is 3. The molecule has 1 unspecified atom stereocenters. The number of rotatable bonds is 6. The van der Waals surface area contributed by atoms with Gasteiger partial charge in [-0.2, -0.15) is 4.31 Å². The summed E-state index contributed by atoms with van der Waals surface area (Å²) in [5.74, 6) is 0.260. The number of likely N-dealkylation sites (tertiary alicyclic amines) is 1. The molecule has 3 heterocycles. The van der Waals surface area contributed by atoms with E-state index in [4.69, 9.17) is 4.52 Å². The zero-order valence-electron chi connectivity index (χ0n) is 20.3. The van der Waals surface area contributed by atoms with Crippen LogP contribution in [0.2, 0.25) is 0 Å². The number of hydrogen-bond donors (Lipinski definition) is 1. The number of amides is 1. The Balaban J connectivity index is 1.10. The molecule has 1 aromatic heterocycles. The molecular formula is C28H28N4O4S. The Morgan fingerprint density at radius 3 is 2.62 bits per heavy atom. The van der Waals surface area contributed by atoms with Gasteiger partial charge in [0.2, 0.25) is 10.0 Å². The number of nitrogens with one attached hydrogen (secondary N) is 1. The predicted molar refractivity (Wildman–Crippen MR) is 139 cm³/mol. The van der Waals surface area contributed by atoms with Crippen molar-refractivity contribution in [1.82, 2.24) is 19.7 Å². The van der Waals surface area contributed by atoms with Crippen LogP contribution in [0.15, 0.2) is 82.2 Å². The average Bonchev–Trinajstić information content (AvgIpc) is 3.55. The van der Waals surface area contributed by atoms with Crippen molar-refractivity contribution in [2.45, 2.75) is 36.9 Å². The summed E-state index contributed by atoms with van der Waals surface area (Å²) in [5.41, 5.74) is 1.97. The quantitative estimate of drug-likeness (QED) is 0.421. The van der Waals surface area contributed by atoms with E-state index in [-0.39, 0.29) is 35.6 Å². The summed E-state index contributed by atoms with van der Waals surface area (Å²) >= 11 is 0. The van der Waals surface area contributed by atoms with E-state index in [1.165, 1.54) is 20.6 Å². The Hall–Kier alpha value is -3.53. The Labute approximate surface area is 215 Å². The lowest BCUT2D eigenvalue weighted by atomic mass is 10.1. The fourth-order valence-electron chi connectivity index (χ4n) is 5.25. The second-order valence-corrected chi connectivity index (χ2v) is 11.6. The smallest absolute Gasteiger partial charge is 0.274 e. The maximum absolute atomic E-state index is 13.2. The second kappa shape index (κ2) is 9.74. The van der Waals surface area contributed by atoms with E-state index in [1.54, 1.807) is 30.3 Å². The van der Waals surface area contributed by atoms with Crippen LogP contribution in [0.5, 0.6) is 0 Å². The number of aromatic nitrogens is 1. The molecule has 8 nitrogen and oxygen atoms in total. The van der Waals surface area contributed by atoms with E-state index in [9.17, 15) is 13.2 Å². The molecule has 0 spiro atoms. The van der Waals surface area contributed by atoms with Gasteiger partial charge in [0.15, 0.2) is 5.69 Å². The molecule has 0 saturated carbocycles. The SMILES string of the molecule is O=C(NC1CCN(Cc2ccc3ccccc3c2)C1)c1noc2c1CN(S(=O)(=O)c1ccccc1)CC2. The maximum Gasteiger partial charge on any atom is 0.274 e. The van der Waals surface area contributed by atoms with Gasteiger partial charge in [0, 0.05) is 50.7 Å². The highest BCUT2D eigenvalue weighted by Crippen LogP contribution is 2.27. The molecule has 1 saturated heterocycles. The van der Waals surface area contributed by atoms with E-state index in [2.05, 4.69) is 45.7 Å². The summed E-state index contributed by atoms with van der Waals surface area (Å²) in [4.78, 5) is 15.7. The lowest BCUT2D eigenvalue weighted by Crippen LogP contribution is -2.39. The van der Waals surface area contributed by atoms with E-state index in [1.807, 2.05) is 12.1 Å². The summed E-state index contributed by atoms with van der Waals surface area (Å²) in [6, 6.07) is 23.2. The molecule has 1 fully saturated rings. The molecule has 3 aromatic carbocycles. The van der Waals surface area contributed by atoms with Gasteiger partial charge in [0.05, 0.1) is 4.90 Å². The van der Waals surface area contributed by atoms with E-state index in [0.29, 0.717) is 17.7 Å². The van der Waals surface area contributed by atoms with E-state index in [0.717, 1.165) is 26.1 Å². The highest BCUT2D eigenvalue weighted by atomic mass is 32.2. The van der Waals surface area contributed by atoms with Crippen LogP contribution >= 0.6 is 0 Å². The third-order valence-corrected chi connectivity index (χ3v) is 9.08. The molecule has 1 atom stereocenters. The second-order valence-electron chi connectivity index (χ2n) is 9.71. The van der Waals surface area contributed by atoms with Gasteiger partial charge in [0.25, 0.3) is 5.91 Å². The van der Waals surface area contributed by atoms with E-state index < -0.39 is 10.0 Å². The van der Waals surface area contributed by atoms with Crippen LogP contribution in [-0.2, 0) is 29.5 Å². The number of fused-ring (bicyclic) bond motifs is 2. The van der Waals surface area contributed by atoms with Crippen LogP contribution in [0, 0.1) is 0 Å². The normalized spacial score (nSPS) is 18.6. The minimum atomic E-state index is -3.67. The van der Waals surface area contributed by atoms with Crippen LogP contribution in [-0.4, -0.2) is 54.4 Å². The first-order valence-electron chi connectivity index (χ1n) is 12.5. The molecule has 6 rings (SSSR count). The minimum absolute atomic E-state index is 0.00643. The van der Waals surface area contributed by atoms with Crippen molar-refractivity contribution in [3.8, 4) is 0 Å². The molecule has 2 aliphatic rings. The third kappa shape index (κ3) is 4.77. The van der Waals surface area contributed by atoms with Crippen molar-refractivity contribution >= 4 is 26.7 Å². The van der Waals surface area contributed by atoms with Gasteiger partial charge in [-0.25, -0.2) is 8.42 Å². The van der Waals surface area contributed by atoms with Crippen LogP contribution in [0.3, 0.4) is 0 Å². The van der Waals surface area contributed by atoms with Crippen molar-refractivity contribution in [3.05, 3.63) is 95.4 Å². The molecule has 9 heteroatoms. The lowest BCUT2D eigenvalue weighted by Gasteiger charge is -2.25. The zero-order chi connectivity index (χ0) is 25.4. The van der Waals surface area contributed by atoms with Gasteiger partial charge < -0.3 is 9.84 Å². The number of hydrogen-bond acceptors (Lipinski definition) is 6. The predicted octanol–water partition coefficient (Wildman–Crippen LogP) is 3.58. The Morgan fingerprint density at radius 2 is 1.78 bits per heavy atom. The van der Waals surface area contributed by atoms with Gasteiger partial charge >= 0.3 is 0 Å². The van der Waals surface area contributed by atoms with Gasteiger partial charge in [-0.05, 0) is 41.0 Å². The van der Waals surface area contributed by atoms with Crippen LogP contribution in [0.4, 0.5) is 0 Å². The fraction of sp³-hybridized carbons (Fsp3) is 0.286. The van der Waals surface area contributed by atoms with Crippen LogP contribution < -0.4 is 5.32 Å². The largest absolute Gasteiger partial charge is 0.360 e. The monoisotopic (exact) mass is 516 g/mol. The van der Waals surface area contributed by atoms with Gasteiger partial charge in [0.1, 0.15) is 5.76 Å². The van der Waals surface area contributed by atoms with Crippen molar-refractivity contribution in [3.63, 3.8) is 0 Å². The molecule has 2 aliphatic heterocycles. The highest BCUT2D eigenvalue weighted by molar-refractivity contribution is 7.89. The molecule has 37 heavy (non-hydrogen) atoms. The van der Waals surface area contributed by atoms with E-state index >= 15 is 0 Å². The highest BCUT2D eigenvalue weighted by Gasteiger charge is 2.35. The zero-order valence-corrected chi connectivity index (χ0v) is 21.2. The molecule has 4 aromatic rings. The number of carbonyl (C=O) groups excluding carboxylic acids is 1. The minimum Gasteiger partial charge on any atom is -0.360 e. The fourth-order valence-corrected chi connectivity index (χ4v) is 6.68. The van der Waals surface area contributed by atoms with Crippen molar-refractivity contribution in [1.29, 1.82) is 0 Å². The molecule has 0 aliphatic carbocycles. The molecule has 0 radical (unpaired) electrons. The number of nitrogens with zero attached hydrogens (tertiary/aromatic N) is 3. The van der Waals surface area contributed by atoms with Crippen molar-refractivity contribution in [2.24, 2.45) is 0 Å². The molecule has 0 bridgehead atoms. The van der Waals surface area contributed by atoms with Gasteiger partial charge in [-0.1, -0.05) is 59.8 Å². The third-order valence-electron chi connectivity index (χ3n) is 7.22. The average molecular weight is 517 g/mol. The standard InChI is InChI=1S/C28H28N4O4S/c33-28(29-23-12-14-31(18-23)17-20-10-11-21-6-4-5-7-22(21)16-20)27-25-19-32(15-13-26(25)36-30-27)37(34,35)24-8-2-1-3-9-24/h1-11,16,23H,12-15,17-19H2,(H,29,33). The first-order chi connectivity index (χ1) is 18.0. The number of carbonyl (C=O) groups is 1. The Kier molecular flexibility index (Phi) is 6.27. The summed E-state index contributed by atoms with van der Waals surface area (Å²) in [6.45, 7) is 2.80. The van der Waals surface area contributed by atoms with Crippen LogP contribution in [0.1, 0.15) is 33.8 Å². The van der Waals surface area contributed by atoms with Crippen molar-refractivity contribution < 1.29 is 17.7 Å². The molecule has 190 valence electrons. The summed E-state index contributed by atoms with van der Waals surface area (Å²) in [5, 5.41) is 9.56. The Morgan fingerprint density at radius 1 is 1.00 bits per heavy atom. The van der Waals surface area contributed by atoms with Crippen LogP contribution in [0.25, 0.3) is 10.8 Å².